The summed E-state index contributed by atoms with van der Waals surface area (Å²) < 4.78 is 33.1. The standard InChI is InChI=1S/C23H23ClN4O2.C21H19ClN4O2.C10H13NO.C9H11NO.C3Cl3N3/c1-3-12-29-19-10-8-17(9-11-19)16-25-23-27-21(26-22(24)28-23)15-18-6-5-7-20(14-18)30-13-4-2;22-20-24-19-13-16-4-3-5-18(12-16)28-11-2-1-10-27-17-8-6-15(7-9-17)14-23-21(25-19)26-20;1-2-7-12-10-5-3-9(8-11)4-6-10;1-2-6-11-9-5-3-4-8(10)7-9;4-1-7-2(5)9-3(6)8-1/h3-11,14H,1-2,12-13,15-16H2,(H,25,26,27,28);1-9,12H,10-11,13-14H2,(H,23,24,25,26);2-6H,1,7-8,11H2;2-5,7H,1,6,10H2;. The smallest absolute Gasteiger partial charge is 0.227 e. The second-order valence-electron chi connectivity index (χ2n) is 18.4. The highest BCUT2D eigenvalue weighted by Crippen LogP contribution is 2.22. The van der Waals surface area contributed by atoms with Crippen molar-refractivity contribution in [2.24, 2.45) is 5.73 Å². The number of anilines is 3. The number of nitrogens with two attached hydrogens (primary N) is 2. The van der Waals surface area contributed by atoms with E-state index in [1.54, 1.807) is 30.4 Å². The second-order valence-corrected chi connectivity index (χ2v) is 20.1. The molecule has 90 heavy (non-hydrogen) atoms. The van der Waals surface area contributed by atoms with Crippen molar-refractivity contribution in [3.05, 3.63) is 274 Å². The number of nitrogens with one attached hydrogen (secondary N) is 2. The van der Waals surface area contributed by atoms with E-state index >= 15 is 0 Å². The highest BCUT2D eigenvalue weighted by Gasteiger charge is 2.10. The minimum atomic E-state index is 0.000000000000000444. The molecule has 3 aromatic heterocycles. The summed E-state index contributed by atoms with van der Waals surface area (Å²) in [6.45, 7) is 19.0. The lowest BCUT2D eigenvalue weighted by Gasteiger charge is -2.09. The predicted octanol–water partition coefficient (Wildman–Crippen LogP) is 14.3. The van der Waals surface area contributed by atoms with Crippen LogP contribution < -0.4 is 50.5 Å². The van der Waals surface area contributed by atoms with Crippen LogP contribution in [-0.4, -0.2) is 84.5 Å². The Bertz CT molecular complexity index is 3650. The third-order valence-electron chi connectivity index (χ3n) is 11.5. The monoisotopic (exact) mass is 1310 g/mol. The van der Waals surface area contributed by atoms with Crippen LogP contribution in [0.15, 0.2) is 208 Å². The maximum Gasteiger partial charge on any atom is 0.227 e. The normalized spacial score (nSPS) is 11.1. The Labute approximate surface area is 548 Å². The molecule has 11 rings (SSSR count). The molecule has 0 atom stereocenters. The molecule has 0 amide bonds. The Kier molecular flexibility index (Phi) is 30.6. The number of aromatic nitrogens is 9. The third kappa shape index (κ3) is 27.4. The quantitative estimate of drug-likeness (QED) is 0.0460. The maximum atomic E-state index is 6.10. The fourth-order valence-corrected chi connectivity index (χ4v) is 8.36. The van der Waals surface area contributed by atoms with Gasteiger partial charge in [-0.15, -0.1) is 0 Å². The van der Waals surface area contributed by atoms with E-state index in [-0.39, 0.29) is 26.4 Å². The first-order valence-corrected chi connectivity index (χ1v) is 29.5. The fraction of sp³-hybridized carbons (Fsp3) is 0.167. The molecule has 24 heteroatoms. The Morgan fingerprint density at radius 3 is 1.61 bits per heavy atom. The van der Waals surface area contributed by atoms with Crippen LogP contribution >= 0.6 is 58.0 Å². The average molecular weight is 1310 g/mol. The van der Waals surface area contributed by atoms with Crippen molar-refractivity contribution in [2.45, 2.75) is 32.5 Å². The predicted molar refractivity (Wildman–Crippen MR) is 359 cm³/mol. The van der Waals surface area contributed by atoms with Crippen LogP contribution in [0.2, 0.25) is 26.4 Å². The van der Waals surface area contributed by atoms with Gasteiger partial charge >= 0.3 is 0 Å². The molecule has 466 valence electrons. The largest absolute Gasteiger partial charge is 0.490 e. The van der Waals surface area contributed by atoms with E-state index < -0.39 is 0 Å². The highest BCUT2D eigenvalue weighted by molar-refractivity contribution is 6.33. The number of halogens is 5. The van der Waals surface area contributed by atoms with Crippen molar-refractivity contribution in [1.82, 2.24) is 44.9 Å². The van der Waals surface area contributed by atoms with Crippen molar-refractivity contribution in [2.75, 3.05) is 56.0 Å². The van der Waals surface area contributed by atoms with E-state index in [1.165, 1.54) is 0 Å². The van der Waals surface area contributed by atoms with Crippen LogP contribution in [0.25, 0.3) is 0 Å². The van der Waals surface area contributed by atoms with Crippen molar-refractivity contribution < 1.29 is 28.4 Å². The molecule has 0 fully saturated rings. The highest BCUT2D eigenvalue weighted by atomic mass is 35.5. The molecular weight excluding hydrogens is 1250 g/mol. The number of fused-ring (bicyclic) bond motifs is 7. The number of ether oxygens (including phenoxy) is 6. The second kappa shape index (κ2) is 39.5. The molecule has 9 aromatic rings. The first-order valence-electron chi connectivity index (χ1n) is 27.6. The van der Waals surface area contributed by atoms with E-state index in [1.807, 2.05) is 152 Å². The molecule has 0 aliphatic carbocycles. The molecule has 0 saturated carbocycles. The molecule has 0 spiro atoms. The zero-order valence-electron chi connectivity index (χ0n) is 48.9. The maximum absolute atomic E-state index is 6.10. The summed E-state index contributed by atoms with van der Waals surface area (Å²) >= 11 is 28.2. The van der Waals surface area contributed by atoms with Gasteiger partial charge < -0.3 is 50.5 Å². The van der Waals surface area contributed by atoms with Crippen LogP contribution in [0.4, 0.5) is 17.6 Å². The summed E-state index contributed by atoms with van der Waals surface area (Å²) in [6.07, 6.45) is 11.8. The molecular formula is C66H66Cl5N13O6. The number of nitrogen functional groups attached to an aromatic ring is 1. The summed E-state index contributed by atoms with van der Waals surface area (Å²) in [5.74, 6) is 6.85. The molecule has 6 bridgehead atoms. The lowest BCUT2D eigenvalue weighted by Crippen LogP contribution is -2.08. The van der Waals surface area contributed by atoms with Gasteiger partial charge in [0.15, 0.2) is 0 Å². The first-order chi connectivity index (χ1) is 43.8. The molecule has 19 nitrogen and oxygen atoms in total. The molecule has 0 unspecified atom stereocenters. The number of hydrogen-bond acceptors (Lipinski definition) is 19. The van der Waals surface area contributed by atoms with Crippen LogP contribution in [0.1, 0.15) is 39.5 Å². The third-order valence-corrected chi connectivity index (χ3v) is 12.3. The minimum absolute atomic E-state index is 0.000000000000000444. The Morgan fingerprint density at radius 1 is 0.489 bits per heavy atom. The van der Waals surface area contributed by atoms with Crippen LogP contribution in [0.5, 0.6) is 34.5 Å². The van der Waals surface area contributed by atoms with Crippen LogP contribution in [0, 0.1) is 0 Å². The first kappa shape index (κ1) is 69.8. The zero-order valence-corrected chi connectivity index (χ0v) is 52.7. The van der Waals surface area contributed by atoms with Gasteiger partial charge in [0.25, 0.3) is 0 Å². The van der Waals surface area contributed by atoms with Gasteiger partial charge in [-0.05, 0) is 171 Å². The molecule has 6 N–H and O–H groups in total. The van der Waals surface area contributed by atoms with Crippen molar-refractivity contribution in [1.29, 1.82) is 0 Å². The molecule has 0 radical (unpaired) electrons. The van der Waals surface area contributed by atoms with E-state index in [4.69, 9.17) is 97.9 Å². The van der Waals surface area contributed by atoms with Gasteiger partial charge in [0, 0.05) is 44.2 Å². The van der Waals surface area contributed by atoms with Crippen LogP contribution in [0.3, 0.4) is 0 Å². The molecule has 2 aliphatic rings. The number of hydrogen-bond donors (Lipinski definition) is 4. The van der Waals surface area contributed by atoms with Gasteiger partial charge in [0.1, 0.15) is 85.8 Å². The zero-order chi connectivity index (χ0) is 64.1. The summed E-state index contributed by atoms with van der Waals surface area (Å²) in [4.78, 5) is 36.2. The lowest BCUT2D eigenvalue weighted by atomic mass is 10.1. The van der Waals surface area contributed by atoms with Crippen molar-refractivity contribution >= 4 is 75.6 Å². The topological polar surface area (TPSA) is 247 Å². The average Bonchev–Trinajstić information content (AvgIpc) is 3.02. The van der Waals surface area contributed by atoms with Gasteiger partial charge in [-0.2, -0.15) is 34.9 Å². The van der Waals surface area contributed by atoms with Gasteiger partial charge in [0.05, 0.1) is 0 Å². The lowest BCUT2D eigenvalue weighted by molar-refractivity contribution is 0.350. The number of rotatable bonds is 18. The molecule has 6 aromatic carbocycles. The van der Waals surface area contributed by atoms with E-state index in [0.717, 1.165) is 62.3 Å². The Balaban J connectivity index is 0.000000195. The van der Waals surface area contributed by atoms with Gasteiger partial charge in [0.2, 0.25) is 38.3 Å². The summed E-state index contributed by atoms with van der Waals surface area (Å²) in [5.41, 5.74) is 17.0. The molecule has 0 saturated heterocycles. The Hall–Kier alpha value is -9.34. The summed E-state index contributed by atoms with van der Waals surface area (Å²) in [5, 5.41) is 6.70. The molecule has 2 aliphatic heterocycles. The number of benzene rings is 6. The van der Waals surface area contributed by atoms with Crippen LogP contribution in [-0.2, 0) is 32.5 Å². The Morgan fingerprint density at radius 2 is 1.02 bits per heavy atom. The summed E-state index contributed by atoms with van der Waals surface area (Å²) in [6, 6.07) is 46.3. The SMILES string of the molecule is C=CCOc1ccc(CN)cc1.C=CCOc1ccc(CNc2nc(Cl)nc(Cc3cccc(OCC=C)c3)n2)cc1.C=CCOc1cccc(N)c1.Clc1nc(Cl)nc(Cl)n1.Clc1nc2nc(n1)NCc1ccc(cc1)OCC=CCOc1cccc(c1)C2. The van der Waals surface area contributed by atoms with Gasteiger partial charge in [-0.25, -0.2) is 9.97 Å². The van der Waals surface area contributed by atoms with E-state index in [2.05, 4.69) is 81.8 Å². The fourth-order valence-electron chi connectivity index (χ4n) is 7.40. The number of nitrogens with zero attached hydrogens (tertiary/aromatic N) is 9. The van der Waals surface area contributed by atoms with E-state index in [0.29, 0.717) is 101 Å². The van der Waals surface area contributed by atoms with Gasteiger partial charge in [-0.1, -0.05) is 117 Å². The molecule has 5 heterocycles. The van der Waals surface area contributed by atoms with E-state index in [9.17, 15) is 0 Å². The van der Waals surface area contributed by atoms with Crippen molar-refractivity contribution in [3.63, 3.8) is 0 Å². The summed E-state index contributed by atoms with van der Waals surface area (Å²) in [7, 11) is 0. The van der Waals surface area contributed by atoms with Crippen molar-refractivity contribution in [3.8, 4) is 34.5 Å². The van der Waals surface area contributed by atoms with Gasteiger partial charge in [-0.3, -0.25) is 0 Å². The minimum Gasteiger partial charge on any atom is -0.490 e.